The third kappa shape index (κ3) is 5.87. The van der Waals surface area contributed by atoms with Crippen LogP contribution in [0, 0.1) is 0 Å². The number of nitrogens with one attached hydrogen (secondary N) is 2. The van der Waals surface area contributed by atoms with Crippen molar-refractivity contribution < 1.29 is 13.2 Å². The lowest BCUT2D eigenvalue weighted by atomic mass is 10.2. The standard InChI is InChI=1S/C20H23F3N8/c21-20(22,23)15-2-1-3-16(13-15)31(29-11-7-25)19-28-9-5-17(30-19)14-4-8-26-18(12-14)27-10-6-24/h1-5,8-9,12-13,29H,6-7,10-11,24-25H2,(H,26,27). The lowest BCUT2D eigenvalue weighted by molar-refractivity contribution is -0.137. The van der Waals surface area contributed by atoms with Crippen LogP contribution in [-0.4, -0.2) is 41.1 Å². The number of rotatable bonds is 9. The summed E-state index contributed by atoms with van der Waals surface area (Å²) in [7, 11) is 0. The van der Waals surface area contributed by atoms with Gasteiger partial charge in [-0.3, -0.25) is 0 Å². The maximum atomic E-state index is 13.2. The van der Waals surface area contributed by atoms with E-state index < -0.39 is 11.7 Å². The summed E-state index contributed by atoms with van der Waals surface area (Å²) in [5.41, 5.74) is 14.9. The first kappa shape index (κ1) is 22.4. The van der Waals surface area contributed by atoms with Crippen LogP contribution in [0.3, 0.4) is 0 Å². The summed E-state index contributed by atoms with van der Waals surface area (Å²) in [6, 6.07) is 10.2. The van der Waals surface area contributed by atoms with Gasteiger partial charge in [-0.05, 0) is 36.4 Å². The van der Waals surface area contributed by atoms with E-state index in [0.29, 0.717) is 31.1 Å². The number of nitrogens with zero attached hydrogens (tertiary/aromatic N) is 4. The Hall–Kier alpha value is -3.28. The number of hydrogen-bond acceptors (Lipinski definition) is 8. The minimum absolute atomic E-state index is 0.179. The zero-order valence-corrected chi connectivity index (χ0v) is 16.6. The third-order valence-corrected chi connectivity index (χ3v) is 4.19. The minimum atomic E-state index is -4.47. The van der Waals surface area contributed by atoms with Crippen LogP contribution in [0.4, 0.5) is 30.6 Å². The Morgan fingerprint density at radius 1 is 0.935 bits per heavy atom. The van der Waals surface area contributed by atoms with Crippen molar-refractivity contribution in [1.29, 1.82) is 0 Å². The van der Waals surface area contributed by atoms with Crippen LogP contribution < -0.4 is 27.2 Å². The molecular formula is C20H23F3N8. The molecule has 31 heavy (non-hydrogen) atoms. The van der Waals surface area contributed by atoms with Crippen molar-refractivity contribution in [1.82, 2.24) is 20.4 Å². The first-order valence-corrected chi connectivity index (χ1v) is 9.56. The van der Waals surface area contributed by atoms with Crippen molar-refractivity contribution in [2.24, 2.45) is 11.5 Å². The van der Waals surface area contributed by atoms with E-state index >= 15 is 0 Å². The van der Waals surface area contributed by atoms with Crippen molar-refractivity contribution in [2.45, 2.75) is 6.18 Å². The zero-order chi connectivity index (χ0) is 22.3. The molecule has 2 aromatic heterocycles. The molecule has 0 aliphatic rings. The largest absolute Gasteiger partial charge is 0.416 e. The van der Waals surface area contributed by atoms with Gasteiger partial charge >= 0.3 is 6.18 Å². The third-order valence-electron chi connectivity index (χ3n) is 4.19. The van der Waals surface area contributed by atoms with Crippen LogP contribution in [0.25, 0.3) is 11.3 Å². The monoisotopic (exact) mass is 432 g/mol. The summed E-state index contributed by atoms with van der Waals surface area (Å²) < 4.78 is 39.6. The smallest absolute Gasteiger partial charge is 0.369 e. The quantitative estimate of drug-likeness (QED) is 0.381. The van der Waals surface area contributed by atoms with E-state index in [4.69, 9.17) is 11.5 Å². The highest BCUT2D eigenvalue weighted by atomic mass is 19.4. The van der Waals surface area contributed by atoms with Crippen molar-refractivity contribution in [3.8, 4) is 11.3 Å². The SMILES string of the molecule is NCCNc1cc(-c2ccnc(N(NCCN)c3cccc(C(F)(F)F)c3)n2)ccn1. The second kappa shape index (κ2) is 10.2. The Morgan fingerprint density at radius 3 is 2.45 bits per heavy atom. The van der Waals surface area contributed by atoms with E-state index in [1.165, 1.54) is 23.3 Å². The number of nitrogens with two attached hydrogens (primary N) is 2. The number of alkyl halides is 3. The number of pyridine rings is 1. The molecule has 11 heteroatoms. The van der Waals surface area contributed by atoms with Gasteiger partial charge in [-0.15, -0.1) is 0 Å². The Balaban J connectivity index is 1.97. The molecular weight excluding hydrogens is 409 g/mol. The Morgan fingerprint density at radius 2 is 1.71 bits per heavy atom. The second-order valence-electron chi connectivity index (χ2n) is 6.47. The molecule has 0 aliphatic heterocycles. The van der Waals surface area contributed by atoms with E-state index in [1.54, 1.807) is 18.3 Å². The number of hydrazine groups is 1. The summed E-state index contributed by atoms with van der Waals surface area (Å²) in [6.45, 7) is 1.61. The summed E-state index contributed by atoms with van der Waals surface area (Å²) in [5.74, 6) is 0.817. The topological polar surface area (TPSA) is 118 Å². The maximum Gasteiger partial charge on any atom is 0.416 e. The van der Waals surface area contributed by atoms with Crippen LogP contribution >= 0.6 is 0 Å². The highest BCUT2D eigenvalue weighted by Crippen LogP contribution is 2.32. The summed E-state index contributed by atoms with van der Waals surface area (Å²) in [4.78, 5) is 13.0. The van der Waals surface area contributed by atoms with Gasteiger partial charge in [0.2, 0.25) is 5.95 Å². The first-order chi connectivity index (χ1) is 14.9. The molecule has 164 valence electrons. The molecule has 0 fully saturated rings. The van der Waals surface area contributed by atoms with Crippen LogP contribution in [0.5, 0.6) is 0 Å². The molecule has 6 N–H and O–H groups in total. The number of anilines is 3. The number of aromatic nitrogens is 3. The summed E-state index contributed by atoms with van der Waals surface area (Å²) in [6.07, 6.45) is -1.30. The molecule has 0 aliphatic carbocycles. The van der Waals surface area contributed by atoms with Gasteiger partial charge in [0.15, 0.2) is 0 Å². The molecule has 0 saturated heterocycles. The number of benzene rings is 1. The van der Waals surface area contributed by atoms with Gasteiger partial charge in [0, 0.05) is 44.1 Å². The fraction of sp³-hybridized carbons (Fsp3) is 0.250. The van der Waals surface area contributed by atoms with Gasteiger partial charge in [0.25, 0.3) is 0 Å². The number of halogens is 3. The Labute approximate surface area is 177 Å². The van der Waals surface area contributed by atoms with E-state index in [-0.39, 0.29) is 18.2 Å². The lowest BCUT2D eigenvalue weighted by Gasteiger charge is -2.24. The fourth-order valence-corrected chi connectivity index (χ4v) is 2.78. The van der Waals surface area contributed by atoms with Crippen LogP contribution in [0.15, 0.2) is 54.9 Å². The number of hydrogen-bond donors (Lipinski definition) is 4. The maximum absolute atomic E-state index is 13.2. The van der Waals surface area contributed by atoms with Gasteiger partial charge in [-0.1, -0.05) is 6.07 Å². The van der Waals surface area contributed by atoms with Crippen molar-refractivity contribution in [3.63, 3.8) is 0 Å². The molecule has 0 radical (unpaired) electrons. The highest BCUT2D eigenvalue weighted by Gasteiger charge is 2.31. The Kier molecular flexibility index (Phi) is 7.34. The van der Waals surface area contributed by atoms with Crippen molar-refractivity contribution in [2.75, 3.05) is 36.5 Å². The first-order valence-electron chi connectivity index (χ1n) is 9.56. The molecule has 0 unspecified atom stereocenters. The molecule has 3 aromatic rings. The Bertz CT molecular complexity index is 996. The fourth-order valence-electron chi connectivity index (χ4n) is 2.78. The summed E-state index contributed by atoms with van der Waals surface area (Å²) >= 11 is 0. The van der Waals surface area contributed by atoms with Gasteiger partial charge in [0.05, 0.1) is 16.9 Å². The molecule has 1 aromatic carbocycles. The van der Waals surface area contributed by atoms with E-state index in [1.807, 2.05) is 6.07 Å². The van der Waals surface area contributed by atoms with E-state index in [2.05, 4.69) is 25.7 Å². The average Bonchev–Trinajstić information content (AvgIpc) is 2.78. The molecule has 3 rings (SSSR count). The van der Waals surface area contributed by atoms with Gasteiger partial charge < -0.3 is 16.8 Å². The average molecular weight is 432 g/mol. The van der Waals surface area contributed by atoms with Crippen LogP contribution in [0.2, 0.25) is 0 Å². The predicted molar refractivity (Wildman–Crippen MR) is 113 cm³/mol. The van der Waals surface area contributed by atoms with Gasteiger partial charge in [-0.2, -0.15) is 13.2 Å². The summed E-state index contributed by atoms with van der Waals surface area (Å²) in [5, 5.41) is 4.48. The molecule has 0 amide bonds. The van der Waals surface area contributed by atoms with Gasteiger partial charge in [-0.25, -0.2) is 25.4 Å². The highest BCUT2D eigenvalue weighted by molar-refractivity contribution is 5.65. The molecule has 0 atom stereocenters. The predicted octanol–water partition coefficient (Wildman–Crippen LogP) is 2.53. The lowest BCUT2D eigenvalue weighted by Crippen LogP contribution is -2.38. The van der Waals surface area contributed by atoms with E-state index in [0.717, 1.165) is 17.7 Å². The molecule has 0 saturated carbocycles. The zero-order valence-electron chi connectivity index (χ0n) is 16.6. The van der Waals surface area contributed by atoms with Crippen molar-refractivity contribution in [3.05, 3.63) is 60.4 Å². The van der Waals surface area contributed by atoms with E-state index in [9.17, 15) is 13.2 Å². The van der Waals surface area contributed by atoms with Crippen LogP contribution in [0.1, 0.15) is 5.56 Å². The molecule has 0 spiro atoms. The molecule has 8 nitrogen and oxygen atoms in total. The molecule has 2 heterocycles. The molecule has 0 bridgehead atoms. The van der Waals surface area contributed by atoms with Crippen molar-refractivity contribution >= 4 is 17.5 Å². The van der Waals surface area contributed by atoms with Gasteiger partial charge in [0.1, 0.15) is 5.82 Å². The normalized spacial score (nSPS) is 11.4. The van der Waals surface area contributed by atoms with Crippen LogP contribution in [-0.2, 0) is 6.18 Å². The minimum Gasteiger partial charge on any atom is -0.369 e. The second-order valence-corrected chi connectivity index (χ2v) is 6.47.